The Morgan fingerprint density at radius 3 is 2.55 bits per heavy atom. The number of nitrogens with one attached hydrogen (secondary N) is 1. The maximum Gasteiger partial charge on any atom is 0.305 e. The van der Waals surface area contributed by atoms with Gasteiger partial charge in [-0.25, -0.2) is 4.39 Å². The van der Waals surface area contributed by atoms with Gasteiger partial charge in [-0.05, 0) is 13.0 Å². The van der Waals surface area contributed by atoms with Crippen molar-refractivity contribution in [1.29, 1.82) is 0 Å². The summed E-state index contributed by atoms with van der Waals surface area (Å²) in [7, 11) is 0. The SMILES string of the molecule is CC(CC(=O)O)NC(=O)c1c(F)ccc([N+](=O)[O-])c1F. The molecule has 0 saturated carbocycles. The summed E-state index contributed by atoms with van der Waals surface area (Å²) in [5.41, 5.74) is -2.15. The molecule has 1 aromatic carbocycles. The van der Waals surface area contributed by atoms with Gasteiger partial charge in [0.2, 0.25) is 5.82 Å². The van der Waals surface area contributed by atoms with Crippen molar-refractivity contribution in [2.24, 2.45) is 0 Å². The van der Waals surface area contributed by atoms with Crippen LogP contribution in [0.1, 0.15) is 23.7 Å². The molecule has 9 heteroatoms. The van der Waals surface area contributed by atoms with E-state index < -0.39 is 52.1 Å². The molecule has 0 aliphatic carbocycles. The quantitative estimate of drug-likeness (QED) is 0.629. The number of carbonyl (C=O) groups excluding carboxylic acids is 1. The predicted molar refractivity (Wildman–Crippen MR) is 62.2 cm³/mol. The summed E-state index contributed by atoms with van der Waals surface area (Å²) in [6.45, 7) is 1.32. The lowest BCUT2D eigenvalue weighted by Crippen LogP contribution is -2.35. The smallest absolute Gasteiger partial charge is 0.305 e. The Hall–Kier alpha value is -2.58. The fourth-order valence-corrected chi connectivity index (χ4v) is 1.50. The molecule has 0 saturated heterocycles. The summed E-state index contributed by atoms with van der Waals surface area (Å²) in [4.78, 5) is 31.5. The molecule has 1 rings (SSSR count). The molecule has 1 atom stereocenters. The highest BCUT2D eigenvalue weighted by Gasteiger charge is 2.27. The molecule has 0 heterocycles. The van der Waals surface area contributed by atoms with Crippen LogP contribution in [-0.4, -0.2) is 27.9 Å². The summed E-state index contributed by atoms with van der Waals surface area (Å²) in [6.07, 6.45) is -0.454. The summed E-state index contributed by atoms with van der Waals surface area (Å²) in [5.74, 6) is -5.33. The molecule has 0 aliphatic rings. The van der Waals surface area contributed by atoms with Crippen molar-refractivity contribution in [3.8, 4) is 0 Å². The molecule has 0 bridgehead atoms. The van der Waals surface area contributed by atoms with Crippen LogP contribution < -0.4 is 5.32 Å². The van der Waals surface area contributed by atoms with Gasteiger partial charge in [-0.2, -0.15) is 4.39 Å². The molecule has 20 heavy (non-hydrogen) atoms. The zero-order chi connectivity index (χ0) is 15.4. The minimum Gasteiger partial charge on any atom is -0.481 e. The number of aliphatic carboxylic acids is 1. The molecule has 7 nitrogen and oxygen atoms in total. The molecule has 108 valence electrons. The minimum absolute atomic E-state index is 0.454. The van der Waals surface area contributed by atoms with Crippen LogP contribution in [0, 0.1) is 21.7 Å². The number of nitro groups is 1. The van der Waals surface area contributed by atoms with Crippen LogP contribution in [0.25, 0.3) is 0 Å². The summed E-state index contributed by atoms with van der Waals surface area (Å²) in [6, 6.07) is 0.304. The summed E-state index contributed by atoms with van der Waals surface area (Å²) in [5, 5.41) is 21.1. The van der Waals surface area contributed by atoms with Crippen LogP contribution in [-0.2, 0) is 4.79 Å². The average molecular weight is 288 g/mol. The molecule has 0 aliphatic heterocycles. The summed E-state index contributed by atoms with van der Waals surface area (Å²) >= 11 is 0. The van der Waals surface area contributed by atoms with Crippen molar-refractivity contribution >= 4 is 17.6 Å². The van der Waals surface area contributed by atoms with Gasteiger partial charge in [-0.1, -0.05) is 0 Å². The number of rotatable bonds is 5. The first-order valence-electron chi connectivity index (χ1n) is 5.39. The molecule has 1 aromatic rings. The van der Waals surface area contributed by atoms with E-state index in [2.05, 4.69) is 5.32 Å². The highest BCUT2D eigenvalue weighted by atomic mass is 19.1. The van der Waals surface area contributed by atoms with Crippen LogP contribution >= 0.6 is 0 Å². The van der Waals surface area contributed by atoms with Gasteiger partial charge in [0.05, 0.1) is 11.3 Å². The first-order chi connectivity index (χ1) is 9.23. The van der Waals surface area contributed by atoms with Crippen LogP contribution in [0.3, 0.4) is 0 Å². The van der Waals surface area contributed by atoms with Gasteiger partial charge in [0.15, 0.2) is 0 Å². The van der Waals surface area contributed by atoms with E-state index in [9.17, 15) is 28.5 Å². The maximum atomic E-state index is 13.7. The van der Waals surface area contributed by atoms with Crippen LogP contribution in [0.15, 0.2) is 12.1 Å². The number of carbonyl (C=O) groups is 2. The lowest BCUT2D eigenvalue weighted by molar-refractivity contribution is -0.387. The van der Waals surface area contributed by atoms with E-state index >= 15 is 0 Å². The zero-order valence-electron chi connectivity index (χ0n) is 10.2. The van der Waals surface area contributed by atoms with Crippen molar-refractivity contribution < 1.29 is 28.4 Å². The fourth-order valence-electron chi connectivity index (χ4n) is 1.50. The normalized spacial score (nSPS) is 11.8. The van der Waals surface area contributed by atoms with E-state index in [1.807, 2.05) is 0 Å². The molecular formula is C11H10F2N2O5. The Morgan fingerprint density at radius 2 is 2.05 bits per heavy atom. The number of hydrogen-bond acceptors (Lipinski definition) is 4. The number of nitrogens with zero attached hydrogens (tertiary/aromatic N) is 1. The highest BCUT2D eigenvalue weighted by Crippen LogP contribution is 2.23. The molecule has 1 amide bonds. The van der Waals surface area contributed by atoms with Crippen molar-refractivity contribution in [2.75, 3.05) is 0 Å². The van der Waals surface area contributed by atoms with Gasteiger partial charge in [-0.3, -0.25) is 19.7 Å². The molecule has 1 unspecified atom stereocenters. The molecule has 2 N–H and O–H groups in total. The Labute approximate surface area is 111 Å². The second kappa shape index (κ2) is 6.04. The van der Waals surface area contributed by atoms with Gasteiger partial charge in [-0.15, -0.1) is 0 Å². The second-order valence-electron chi connectivity index (χ2n) is 3.98. The molecular weight excluding hydrogens is 278 g/mol. The number of carboxylic acid groups (broad SMARTS) is 1. The highest BCUT2D eigenvalue weighted by molar-refractivity contribution is 5.95. The molecule has 0 spiro atoms. The molecule has 0 fully saturated rings. The second-order valence-corrected chi connectivity index (χ2v) is 3.98. The number of carboxylic acids is 1. The van der Waals surface area contributed by atoms with Crippen molar-refractivity contribution in [3.05, 3.63) is 39.4 Å². The van der Waals surface area contributed by atoms with E-state index in [0.717, 1.165) is 0 Å². The lowest BCUT2D eigenvalue weighted by atomic mass is 10.1. The number of benzene rings is 1. The van der Waals surface area contributed by atoms with Crippen LogP contribution in [0.4, 0.5) is 14.5 Å². The van der Waals surface area contributed by atoms with Gasteiger partial charge in [0.1, 0.15) is 11.4 Å². The summed E-state index contributed by atoms with van der Waals surface area (Å²) < 4.78 is 27.1. The van der Waals surface area contributed by atoms with Crippen LogP contribution in [0.2, 0.25) is 0 Å². The van der Waals surface area contributed by atoms with Gasteiger partial charge in [0, 0.05) is 12.1 Å². The van der Waals surface area contributed by atoms with Crippen molar-refractivity contribution in [1.82, 2.24) is 5.32 Å². The Morgan fingerprint density at radius 1 is 1.45 bits per heavy atom. The van der Waals surface area contributed by atoms with Gasteiger partial charge < -0.3 is 10.4 Å². The lowest BCUT2D eigenvalue weighted by Gasteiger charge is -2.12. The predicted octanol–water partition coefficient (Wildman–Crippen LogP) is 1.47. The van der Waals surface area contributed by atoms with E-state index in [1.54, 1.807) is 0 Å². The standard InChI is InChI=1S/C11H10F2N2O5/c1-5(4-8(16)17)14-11(18)9-6(12)2-3-7(10(9)13)15(19)20/h2-3,5H,4H2,1H3,(H,14,18)(H,16,17). The monoisotopic (exact) mass is 288 g/mol. The van der Waals surface area contributed by atoms with E-state index in [0.29, 0.717) is 12.1 Å². The van der Waals surface area contributed by atoms with Crippen molar-refractivity contribution in [2.45, 2.75) is 19.4 Å². The zero-order valence-corrected chi connectivity index (χ0v) is 10.2. The van der Waals surface area contributed by atoms with Crippen molar-refractivity contribution in [3.63, 3.8) is 0 Å². The minimum atomic E-state index is -1.60. The van der Waals surface area contributed by atoms with E-state index in [4.69, 9.17) is 5.11 Å². The third-order valence-electron chi connectivity index (χ3n) is 2.35. The third kappa shape index (κ3) is 3.46. The van der Waals surface area contributed by atoms with Gasteiger partial charge in [0.25, 0.3) is 5.91 Å². The number of halogens is 2. The fraction of sp³-hybridized carbons (Fsp3) is 0.273. The number of amides is 1. The number of nitro benzene ring substituents is 1. The Kier molecular flexibility index (Phi) is 4.68. The molecule has 0 aromatic heterocycles. The first kappa shape index (κ1) is 15.5. The number of hydrogen-bond donors (Lipinski definition) is 2. The first-order valence-corrected chi connectivity index (χ1v) is 5.39. The van der Waals surface area contributed by atoms with E-state index in [-0.39, 0.29) is 0 Å². The van der Waals surface area contributed by atoms with E-state index in [1.165, 1.54) is 6.92 Å². The molecule has 0 radical (unpaired) electrons. The largest absolute Gasteiger partial charge is 0.481 e. The van der Waals surface area contributed by atoms with Crippen LogP contribution in [0.5, 0.6) is 0 Å². The topological polar surface area (TPSA) is 110 Å². The van der Waals surface area contributed by atoms with Gasteiger partial charge >= 0.3 is 11.7 Å². The third-order valence-corrected chi connectivity index (χ3v) is 2.35. The average Bonchev–Trinajstić information content (AvgIpc) is 2.26. The Bertz CT molecular complexity index is 576. The maximum absolute atomic E-state index is 13.7. The Balaban J connectivity index is 3.06.